The first-order valence-corrected chi connectivity index (χ1v) is 6.37. The van der Waals surface area contributed by atoms with E-state index in [0.29, 0.717) is 13.1 Å². The molecule has 5 heteroatoms. The van der Waals surface area contributed by atoms with E-state index < -0.39 is 12.1 Å². The van der Waals surface area contributed by atoms with Crippen LogP contribution in [0.5, 0.6) is 5.75 Å². The fraction of sp³-hybridized carbons (Fsp3) is 0.500. The van der Waals surface area contributed by atoms with Crippen LogP contribution in [0.15, 0.2) is 18.2 Å². The second-order valence-electron chi connectivity index (χ2n) is 4.99. The molecule has 1 aromatic rings. The topological polar surface area (TPSA) is 70.0 Å². The van der Waals surface area contributed by atoms with E-state index in [4.69, 9.17) is 9.84 Å². The van der Waals surface area contributed by atoms with Crippen LogP contribution < -0.4 is 4.74 Å². The molecule has 1 aliphatic heterocycles. The van der Waals surface area contributed by atoms with E-state index in [1.54, 1.807) is 0 Å². The Morgan fingerprint density at radius 1 is 1.53 bits per heavy atom. The van der Waals surface area contributed by atoms with Crippen molar-refractivity contribution >= 4 is 5.97 Å². The molecule has 0 saturated carbocycles. The number of rotatable bonds is 6. The van der Waals surface area contributed by atoms with E-state index in [0.717, 1.165) is 24.3 Å². The van der Waals surface area contributed by atoms with Gasteiger partial charge >= 0.3 is 5.97 Å². The maximum absolute atomic E-state index is 10.5. The minimum atomic E-state index is -0.976. The molecule has 2 N–H and O–H groups in total. The maximum Gasteiger partial charge on any atom is 0.306 e. The normalized spacial score (nSPS) is 15.1. The number of hydrogen-bond donors (Lipinski definition) is 2. The second kappa shape index (κ2) is 6.04. The molecule has 0 bridgehead atoms. The van der Waals surface area contributed by atoms with E-state index >= 15 is 0 Å². The average Bonchev–Trinajstić information content (AvgIpc) is 2.74. The van der Waals surface area contributed by atoms with Crippen molar-refractivity contribution in [3.8, 4) is 5.75 Å². The summed E-state index contributed by atoms with van der Waals surface area (Å²) in [5.74, 6) is -0.0205. The van der Waals surface area contributed by atoms with Gasteiger partial charge in [0.1, 0.15) is 5.75 Å². The van der Waals surface area contributed by atoms with Crippen molar-refractivity contribution in [2.24, 2.45) is 0 Å². The molecule has 0 spiro atoms. The number of aliphatic hydroxyl groups is 1. The number of benzene rings is 1. The van der Waals surface area contributed by atoms with Crippen molar-refractivity contribution in [2.75, 3.05) is 20.2 Å². The van der Waals surface area contributed by atoms with Gasteiger partial charge in [-0.2, -0.15) is 0 Å². The highest BCUT2D eigenvalue weighted by atomic mass is 16.5. The average molecular weight is 265 g/mol. The predicted octanol–water partition coefficient (Wildman–Crippen LogP) is 0.889. The van der Waals surface area contributed by atoms with E-state index in [-0.39, 0.29) is 6.42 Å². The van der Waals surface area contributed by atoms with Gasteiger partial charge in [0.25, 0.3) is 0 Å². The van der Waals surface area contributed by atoms with Gasteiger partial charge in [0.15, 0.2) is 0 Å². The van der Waals surface area contributed by atoms with E-state index in [1.165, 1.54) is 5.56 Å². The number of hydrogen-bond acceptors (Lipinski definition) is 4. The highest BCUT2D eigenvalue weighted by Gasteiger charge is 2.15. The van der Waals surface area contributed by atoms with Crippen LogP contribution in [-0.4, -0.2) is 47.4 Å². The Labute approximate surface area is 112 Å². The van der Waals surface area contributed by atoms with Crippen molar-refractivity contribution in [1.82, 2.24) is 4.90 Å². The van der Waals surface area contributed by atoms with Crippen LogP contribution in [0.25, 0.3) is 0 Å². The first-order valence-electron chi connectivity index (χ1n) is 6.37. The standard InChI is InChI=1S/C14H19NO4/c1-15(9-12(16)7-14(17)18)8-10-2-3-13-11(6-10)4-5-19-13/h2-3,6,12,16H,4-5,7-9H2,1H3,(H,17,18). The lowest BCUT2D eigenvalue weighted by Crippen LogP contribution is -2.30. The Morgan fingerprint density at radius 2 is 2.32 bits per heavy atom. The smallest absolute Gasteiger partial charge is 0.306 e. The number of aliphatic hydroxyl groups excluding tert-OH is 1. The van der Waals surface area contributed by atoms with Gasteiger partial charge < -0.3 is 14.9 Å². The first-order chi connectivity index (χ1) is 9.04. The third-order valence-corrected chi connectivity index (χ3v) is 3.14. The van der Waals surface area contributed by atoms with Crippen molar-refractivity contribution in [1.29, 1.82) is 0 Å². The Morgan fingerprint density at radius 3 is 3.05 bits per heavy atom. The van der Waals surface area contributed by atoms with Crippen molar-refractivity contribution in [2.45, 2.75) is 25.5 Å². The number of carboxylic acid groups (broad SMARTS) is 1. The highest BCUT2D eigenvalue weighted by molar-refractivity contribution is 5.67. The highest BCUT2D eigenvalue weighted by Crippen LogP contribution is 2.26. The van der Waals surface area contributed by atoms with Crippen molar-refractivity contribution < 1.29 is 19.7 Å². The lowest BCUT2D eigenvalue weighted by atomic mass is 10.1. The first kappa shape index (κ1) is 13.8. The van der Waals surface area contributed by atoms with E-state index in [2.05, 4.69) is 6.07 Å². The fourth-order valence-corrected chi connectivity index (χ4v) is 2.34. The lowest BCUT2D eigenvalue weighted by Gasteiger charge is -2.20. The molecule has 1 unspecified atom stereocenters. The minimum Gasteiger partial charge on any atom is -0.493 e. The Hall–Kier alpha value is -1.59. The molecule has 5 nitrogen and oxygen atoms in total. The molecule has 1 heterocycles. The summed E-state index contributed by atoms with van der Waals surface area (Å²) in [5.41, 5.74) is 2.37. The molecule has 1 atom stereocenters. The maximum atomic E-state index is 10.5. The molecule has 1 aromatic carbocycles. The summed E-state index contributed by atoms with van der Waals surface area (Å²) in [6.45, 7) is 1.77. The van der Waals surface area contributed by atoms with Gasteiger partial charge in [-0.3, -0.25) is 9.69 Å². The molecule has 0 saturated heterocycles. The van der Waals surface area contributed by atoms with Gasteiger partial charge in [0.05, 0.1) is 19.1 Å². The molecule has 19 heavy (non-hydrogen) atoms. The molecule has 0 aromatic heterocycles. The largest absolute Gasteiger partial charge is 0.493 e. The third kappa shape index (κ3) is 3.94. The van der Waals surface area contributed by atoms with Crippen molar-refractivity contribution in [3.05, 3.63) is 29.3 Å². The number of nitrogens with zero attached hydrogens (tertiary/aromatic N) is 1. The van der Waals surface area contributed by atoms with Gasteiger partial charge in [0, 0.05) is 19.5 Å². The number of aliphatic carboxylic acids is 1. The summed E-state index contributed by atoms with van der Waals surface area (Å²) in [6.07, 6.45) is -0.114. The van der Waals surface area contributed by atoms with Gasteiger partial charge in [-0.05, 0) is 24.2 Å². The molecule has 0 amide bonds. The Bertz CT molecular complexity index is 461. The van der Waals surface area contributed by atoms with E-state index in [1.807, 2.05) is 24.1 Å². The number of likely N-dealkylation sites (N-methyl/N-ethyl adjacent to an activating group) is 1. The van der Waals surface area contributed by atoms with Gasteiger partial charge in [0.2, 0.25) is 0 Å². The molecule has 0 aliphatic carbocycles. The molecular formula is C14H19NO4. The zero-order valence-corrected chi connectivity index (χ0v) is 11.0. The lowest BCUT2D eigenvalue weighted by molar-refractivity contribution is -0.139. The number of fused-ring (bicyclic) bond motifs is 1. The van der Waals surface area contributed by atoms with Gasteiger partial charge in [-0.1, -0.05) is 12.1 Å². The summed E-state index contributed by atoms with van der Waals surface area (Å²) in [5, 5.41) is 18.2. The summed E-state index contributed by atoms with van der Waals surface area (Å²) < 4.78 is 5.45. The Kier molecular flexibility index (Phi) is 4.39. The fourth-order valence-electron chi connectivity index (χ4n) is 2.34. The van der Waals surface area contributed by atoms with E-state index in [9.17, 15) is 9.90 Å². The molecule has 1 aliphatic rings. The molecule has 0 radical (unpaired) electrons. The van der Waals surface area contributed by atoms with Crippen LogP contribution in [0.1, 0.15) is 17.5 Å². The summed E-state index contributed by atoms with van der Waals surface area (Å²) in [6, 6.07) is 6.09. The van der Waals surface area contributed by atoms with Gasteiger partial charge in [-0.25, -0.2) is 0 Å². The van der Waals surface area contributed by atoms with Crippen LogP contribution in [0.3, 0.4) is 0 Å². The van der Waals surface area contributed by atoms with Crippen LogP contribution in [0, 0.1) is 0 Å². The van der Waals surface area contributed by atoms with Crippen molar-refractivity contribution in [3.63, 3.8) is 0 Å². The quantitative estimate of drug-likeness (QED) is 0.799. The number of carboxylic acids is 1. The molecular weight excluding hydrogens is 246 g/mol. The Balaban J connectivity index is 1.88. The molecule has 0 fully saturated rings. The zero-order valence-electron chi connectivity index (χ0n) is 11.0. The van der Waals surface area contributed by atoms with Gasteiger partial charge in [-0.15, -0.1) is 0 Å². The monoisotopic (exact) mass is 265 g/mol. The zero-order chi connectivity index (χ0) is 13.8. The third-order valence-electron chi connectivity index (χ3n) is 3.14. The molecule has 104 valence electrons. The summed E-state index contributed by atoms with van der Waals surface area (Å²) >= 11 is 0. The van der Waals surface area contributed by atoms with Crippen LogP contribution in [-0.2, 0) is 17.8 Å². The SMILES string of the molecule is CN(Cc1ccc2c(c1)CCO2)CC(O)CC(=O)O. The number of carbonyl (C=O) groups is 1. The minimum absolute atomic E-state index is 0.220. The van der Waals surface area contributed by atoms with Crippen LogP contribution >= 0.6 is 0 Å². The predicted molar refractivity (Wildman–Crippen MR) is 70.2 cm³/mol. The summed E-state index contributed by atoms with van der Waals surface area (Å²) in [4.78, 5) is 12.4. The van der Waals surface area contributed by atoms with Crippen LogP contribution in [0.2, 0.25) is 0 Å². The summed E-state index contributed by atoms with van der Waals surface area (Å²) in [7, 11) is 1.87. The number of ether oxygens (including phenoxy) is 1. The second-order valence-corrected chi connectivity index (χ2v) is 4.99. The molecule has 2 rings (SSSR count). The van der Waals surface area contributed by atoms with Crippen LogP contribution in [0.4, 0.5) is 0 Å².